The van der Waals surface area contributed by atoms with E-state index in [1.165, 1.54) is 22.8 Å². The highest BCUT2D eigenvalue weighted by Gasteiger charge is 2.48. The van der Waals surface area contributed by atoms with Gasteiger partial charge in [0.05, 0.1) is 23.1 Å². The number of benzene rings is 2. The molecule has 0 spiro atoms. The van der Waals surface area contributed by atoms with Crippen molar-refractivity contribution in [3.05, 3.63) is 77.9 Å². The van der Waals surface area contributed by atoms with Gasteiger partial charge in [0.1, 0.15) is 23.8 Å². The number of sulfonamides is 1. The summed E-state index contributed by atoms with van der Waals surface area (Å²) in [7, 11) is -2.06. The van der Waals surface area contributed by atoms with Crippen molar-refractivity contribution in [1.82, 2.24) is 14.3 Å². The van der Waals surface area contributed by atoms with Crippen molar-refractivity contribution in [2.24, 2.45) is 0 Å². The fourth-order valence-electron chi connectivity index (χ4n) is 4.16. The van der Waals surface area contributed by atoms with E-state index in [0.717, 1.165) is 17.7 Å². The molecule has 32 heavy (non-hydrogen) atoms. The van der Waals surface area contributed by atoms with E-state index in [-0.39, 0.29) is 11.5 Å². The van der Waals surface area contributed by atoms with Gasteiger partial charge in [-0.15, -0.1) is 0 Å². The zero-order valence-corrected chi connectivity index (χ0v) is 18.2. The Balaban J connectivity index is 1.56. The fraction of sp³-hybridized carbons (Fsp3) is 0.273. The van der Waals surface area contributed by atoms with Crippen molar-refractivity contribution in [2.75, 3.05) is 30.4 Å². The summed E-state index contributed by atoms with van der Waals surface area (Å²) < 4.78 is 47.8. The van der Waals surface area contributed by atoms with Crippen LogP contribution in [0, 0.1) is 5.82 Å². The summed E-state index contributed by atoms with van der Waals surface area (Å²) in [6.07, 6.45) is 0.565. The molecule has 0 amide bonds. The highest BCUT2D eigenvalue weighted by molar-refractivity contribution is 7.89. The highest BCUT2D eigenvalue weighted by Crippen LogP contribution is 2.43. The van der Waals surface area contributed by atoms with Crippen molar-refractivity contribution >= 4 is 21.7 Å². The first-order chi connectivity index (χ1) is 15.4. The highest BCUT2D eigenvalue weighted by atomic mass is 32.2. The molecule has 2 aromatic carbocycles. The summed E-state index contributed by atoms with van der Waals surface area (Å²) >= 11 is 0. The van der Waals surface area contributed by atoms with Crippen molar-refractivity contribution in [3.63, 3.8) is 0 Å². The van der Waals surface area contributed by atoms with E-state index in [9.17, 15) is 12.8 Å². The average molecular weight is 456 g/mol. The van der Waals surface area contributed by atoms with Gasteiger partial charge in [-0.2, -0.15) is 4.31 Å². The van der Waals surface area contributed by atoms with Crippen LogP contribution in [0.3, 0.4) is 0 Å². The lowest BCUT2D eigenvalue weighted by atomic mass is 10.2. The van der Waals surface area contributed by atoms with E-state index in [1.807, 2.05) is 42.3 Å². The van der Waals surface area contributed by atoms with Crippen LogP contribution < -0.4 is 10.2 Å². The van der Waals surface area contributed by atoms with E-state index in [2.05, 4.69) is 15.3 Å². The Morgan fingerprint density at radius 3 is 2.66 bits per heavy atom. The third-order valence-electron chi connectivity index (χ3n) is 5.67. The Bertz CT molecular complexity index is 1220. The van der Waals surface area contributed by atoms with Crippen molar-refractivity contribution in [1.29, 1.82) is 0 Å². The maximum atomic E-state index is 13.5. The van der Waals surface area contributed by atoms with E-state index >= 15 is 0 Å². The predicted octanol–water partition coefficient (Wildman–Crippen LogP) is 2.77. The second-order valence-corrected chi connectivity index (χ2v) is 9.65. The molecule has 0 aliphatic carbocycles. The Morgan fingerprint density at radius 1 is 1.16 bits per heavy atom. The molecule has 1 fully saturated rings. The number of nitrogens with zero attached hydrogens (tertiary/aromatic N) is 4. The largest absolute Gasteiger partial charge is 0.368 e. The third kappa shape index (κ3) is 3.60. The zero-order chi connectivity index (χ0) is 22.3. The Labute approximate surface area is 185 Å². The summed E-state index contributed by atoms with van der Waals surface area (Å²) in [5, 5.41) is 3.25. The molecule has 2 aliphatic heterocycles. The molecule has 10 heteroatoms. The predicted molar refractivity (Wildman–Crippen MR) is 117 cm³/mol. The van der Waals surface area contributed by atoms with E-state index in [0.29, 0.717) is 30.3 Å². The Kier molecular flexibility index (Phi) is 5.28. The number of rotatable bonds is 5. The van der Waals surface area contributed by atoms with Gasteiger partial charge >= 0.3 is 0 Å². The topological polar surface area (TPSA) is 87.7 Å². The molecular formula is C22H22FN5O3S. The van der Waals surface area contributed by atoms with E-state index in [1.54, 1.807) is 0 Å². The van der Waals surface area contributed by atoms with Gasteiger partial charge in [0, 0.05) is 20.1 Å². The number of hydrogen-bond donors (Lipinski definition) is 1. The SMILES string of the molecule is CN(Cc1ccccc1)c1ncnc2c1[C@@H]1OC[C@H](CN2)N1S(=O)(=O)c1ccc(F)cc1. The molecule has 1 N–H and O–H groups in total. The molecule has 1 saturated heterocycles. The van der Waals surface area contributed by atoms with Crippen molar-refractivity contribution in [3.8, 4) is 0 Å². The molecule has 3 aromatic rings. The normalized spacial score (nSPS) is 20.3. The molecule has 0 radical (unpaired) electrons. The molecule has 1 aromatic heterocycles. The lowest BCUT2D eigenvalue weighted by Crippen LogP contribution is -2.40. The standard InChI is InChI=1S/C22H22FN5O3S/c1-27(12-15-5-3-2-4-6-15)21-19-20(25-14-26-21)24-11-17-13-31-22(19)28(17)32(29,30)18-9-7-16(23)8-10-18/h2-10,14,17,22H,11-13H2,1H3,(H,24,25,26)/t17-,22-/m0/s1. The number of nitrogens with one attached hydrogen (secondary N) is 1. The number of halogens is 1. The van der Waals surface area contributed by atoms with Crippen LogP contribution in [-0.2, 0) is 21.3 Å². The molecule has 2 atom stereocenters. The first-order valence-corrected chi connectivity index (χ1v) is 11.6. The Morgan fingerprint density at radius 2 is 1.91 bits per heavy atom. The van der Waals surface area contributed by atoms with Gasteiger partial charge in [-0.1, -0.05) is 30.3 Å². The van der Waals surface area contributed by atoms with Crippen LogP contribution >= 0.6 is 0 Å². The van der Waals surface area contributed by atoms with Gasteiger partial charge in [0.25, 0.3) is 0 Å². The van der Waals surface area contributed by atoms with Gasteiger partial charge < -0.3 is 15.0 Å². The first kappa shape index (κ1) is 20.8. The molecule has 5 rings (SSSR count). The molecule has 166 valence electrons. The fourth-order valence-corrected chi connectivity index (χ4v) is 5.83. The van der Waals surface area contributed by atoms with Crippen LogP contribution in [0.5, 0.6) is 0 Å². The van der Waals surface area contributed by atoms with Crippen LogP contribution in [0.1, 0.15) is 17.4 Å². The zero-order valence-electron chi connectivity index (χ0n) is 17.3. The van der Waals surface area contributed by atoms with Crippen LogP contribution in [0.25, 0.3) is 0 Å². The van der Waals surface area contributed by atoms with E-state index in [4.69, 9.17) is 4.74 Å². The minimum absolute atomic E-state index is 0.0129. The smallest absolute Gasteiger partial charge is 0.245 e. The van der Waals surface area contributed by atoms with Gasteiger partial charge in [-0.05, 0) is 29.8 Å². The molecule has 2 bridgehead atoms. The quantitative estimate of drug-likeness (QED) is 0.633. The van der Waals surface area contributed by atoms with Gasteiger partial charge in [-0.25, -0.2) is 22.8 Å². The van der Waals surface area contributed by atoms with E-state index < -0.39 is 28.1 Å². The Hall–Kier alpha value is -3.08. The van der Waals surface area contributed by atoms with Crippen LogP contribution in [0.15, 0.2) is 65.8 Å². The van der Waals surface area contributed by atoms with Crippen molar-refractivity contribution in [2.45, 2.75) is 23.7 Å². The summed E-state index contributed by atoms with van der Waals surface area (Å²) in [4.78, 5) is 10.8. The first-order valence-electron chi connectivity index (χ1n) is 10.2. The van der Waals surface area contributed by atoms with Crippen molar-refractivity contribution < 1.29 is 17.5 Å². The number of hydrogen-bond acceptors (Lipinski definition) is 7. The minimum Gasteiger partial charge on any atom is -0.368 e. The maximum Gasteiger partial charge on any atom is 0.245 e. The number of fused-ring (bicyclic) bond motifs is 4. The monoisotopic (exact) mass is 455 g/mol. The summed E-state index contributed by atoms with van der Waals surface area (Å²) in [6, 6.07) is 14.3. The lowest BCUT2D eigenvalue weighted by molar-refractivity contribution is 0.0688. The molecule has 2 aliphatic rings. The van der Waals surface area contributed by atoms with Gasteiger partial charge in [0.2, 0.25) is 10.0 Å². The lowest BCUT2D eigenvalue weighted by Gasteiger charge is -2.28. The molecule has 3 heterocycles. The maximum absolute atomic E-state index is 13.5. The van der Waals surface area contributed by atoms with Crippen LogP contribution in [0.2, 0.25) is 0 Å². The van der Waals surface area contributed by atoms with Crippen LogP contribution in [-0.4, -0.2) is 48.9 Å². The average Bonchev–Trinajstić information content (AvgIpc) is 3.14. The molecule has 8 nitrogen and oxygen atoms in total. The molecule has 0 saturated carbocycles. The van der Waals surface area contributed by atoms with Crippen LogP contribution in [0.4, 0.5) is 16.0 Å². The van der Waals surface area contributed by atoms with Gasteiger partial charge in [0.15, 0.2) is 6.23 Å². The minimum atomic E-state index is -3.95. The number of aromatic nitrogens is 2. The second kappa shape index (κ2) is 8.12. The molecular weight excluding hydrogens is 433 g/mol. The third-order valence-corrected chi connectivity index (χ3v) is 7.58. The summed E-state index contributed by atoms with van der Waals surface area (Å²) in [5.41, 5.74) is 1.65. The second-order valence-electron chi connectivity index (χ2n) is 7.81. The van der Waals surface area contributed by atoms with Gasteiger partial charge in [-0.3, -0.25) is 0 Å². The number of anilines is 2. The molecule has 0 unspecified atom stereocenters. The number of ether oxygens (including phenoxy) is 1. The summed E-state index contributed by atoms with van der Waals surface area (Å²) in [6.45, 7) is 1.14. The summed E-state index contributed by atoms with van der Waals surface area (Å²) in [5.74, 6) is 0.629.